The summed E-state index contributed by atoms with van der Waals surface area (Å²) in [6, 6.07) is 0. The van der Waals surface area contributed by atoms with Crippen LogP contribution in [0.25, 0.3) is 0 Å². The van der Waals surface area contributed by atoms with E-state index in [0.717, 1.165) is 13.8 Å². The van der Waals surface area contributed by atoms with Crippen molar-refractivity contribution in [3.63, 3.8) is 0 Å². The van der Waals surface area contributed by atoms with Gasteiger partial charge in [0.2, 0.25) is 11.8 Å². The summed E-state index contributed by atoms with van der Waals surface area (Å²) in [5.74, 6) is -1.14. The molecule has 0 spiro atoms. The number of amides is 2. The van der Waals surface area contributed by atoms with Crippen molar-refractivity contribution in [2.75, 3.05) is 0 Å². The van der Waals surface area contributed by atoms with Crippen LogP contribution in [0, 0.1) is 0 Å². The second-order valence-electron chi connectivity index (χ2n) is 2.30. The van der Waals surface area contributed by atoms with Crippen molar-refractivity contribution in [1.82, 2.24) is 9.44 Å². The zero-order valence-electron chi connectivity index (χ0n) is 9.61. The zero-order chi connectivity index (χ0) is 15.0. The maximum Gasteiger partial charge on any atom is 2.00 e. The Kier molecular flexibility index (Phi) is 14.8. The van der Waals surface area contributed by atoms with E-state index in [0.29, 0.717) is 0 Å². The molecule has 0 fully saturated rings. The van der Waals surface area contributed by atoms with Crippen molar-refractivity contribution < 1.29 is 35.5 Å². The van der Waals surface area contributed by atoms with Crippen molar-refractivity contribution in [1.29, 1.82) is 0 Å². The van der Waals surface area contributed by atoms with Crippen LogP contribution in [0.1, 0.15) is 13.8 Å². The average Bonchev–Trinajstić information content (AvgIpc) is 2.10. The fourth-order valence-corrected chi connectivity index (χ4v) is 1.97. The Balaban J connectivity index is -0.000000256. The Morgan fingerprint density at radius 1 is 0.842 bits per heavy atom. The number of carbonyl (C=O) groups is 2. The smallest absolute Gasteiger partial charge is 0.738 e. The molecule has 0 heterocycles. The van der Waals surface area contributed by atoms with Crippen LogP contribution in [0.15, 0.2) is 0 Å². The number of carbonyl (C=O) groups excluding carboxylic acids is 2. The van der Waals surface area contributed by atoms with Crippen LogP contribution in [-0.2, 0) is 27.9 Å². The van der Waals surface area contributed by atoms with Crippen molar-refractivity contribution >= 4 is 89.8 Å². The minimum absolute atomic E-state index is 0. The van der Waals surface area contributed by atoms with Gasteiger partial charge in [-0.05, 0) is 0 Å². The Hall–Kier alpha value is 0.720. The number of hydrogen-bond donors (Lipinski definition) is 2. The van der Waals surface area contributed by atoms with Gasteiger partial charge in [-0.3, -0.25) is 19.0 Å². The molecule has 0 radical (unpaired) electrons. The summed E-state index contributed by atoms with van der Waals surface area (Å²) < 4.78 is 61.9. The van der Waals surface area contributed by atoms with Gasteiger partial charge in [0.05, 0.1) is 22.0 Å². The molecule has 0 aromatic heterocycles. The van der Waals surface area contributed by atoms with E-state index in [1.54, 1.807) is 9.44 Å². The average molecular weight is 380 g/mol. The van der Waals surface area contributed by atoms with Crippen molar-refractivity contribution in [3.05, 3.63) is 0 Å². The second-order valence-corrected chi connectivity index (χ2v) is 8.12. The van der Waals surface area contributed by atoms with Crippen LogP contribution in [0.5, 0.6) is 0 Å². The normalized spacial score (nSPS) is 10.3. The summed E-state index contributed by atoms with van der Waals surface area (Å²) in [5.41, 5.74) is 0. The van der Waals surface area contributed by atoms with Gasteiger partial charge in [0, 0.05) is 13.8 Å². The molecule has 0 aliphatic carbocycles. The maximum atomic E-state index is 9.96. The third-order valence-electron chi connectivity index (χ3n) is 0.575. The van der Waals surface area contributed by atoms with Crippen molar-refractivity contribution in [3.8, 4) is 0 Å². The molecule has 0 aliphatic rings. The van der Waals surface area contributed by atoms with Gasteiger partial charge < -0.3 is 9.11 Å². The van der Waals surface area contributed by atoms with Gasteiger partial charge in [-0.2, -0.15) is 0 Å². The fraction of sp³-hybridized carbons (Fsp3) is 0.500. The topological polar surface area (TPSA) is 173 Å². The fourth-order valence-electron chi connectivity index (χ4n) is 0.219. The Labute approximate surface area is 147 Å². The minimum atomic E-state index is -4.38. The van der Waals surface area contributed by atoms with Gasteiger partial charge in [-0.15, -0.1) is 0 Å². The third-order valence-corrected chi connectivity index (χ3v) is 3.45. The van der Waals surface area contributed by atoms with Crippen LogP contribution in [0.2, 0.25) is 0 Å². The third kappa shape index (κ3) is 32.3. The molecule has 0 bridgehead atoms. The molecule has 0 aromatic rings. The van der Waals surface area contributed by atoms with E-state index in [4.69, 9.17) is 0 Å². The van der Waals surface area contributed by atoms with Gasteiger partial charge in [-0.1, -0.05) is 0 Å². The predicted octanol–water partition coefficient (Wildman–Crippen LogP) is -1.92. The molecule has 0 unspecified atom stereocenters. The Morgan fingerprint density at radius 3 is 1.11 bits per heavy atom. The molecular weight excluding hydrogens is 372 g/mol. The zero-order valence-corrected chi connectivity index (χ0v) is 15.1. The summed E-state index contributed by atoms with van der Waals surface area (Å²) >= 11 is 0. The molecule has 19 heavy (non-hydrogen) atoms. The van der Waals surface area contributed by atoms with Crippen LogP contribution >= 0.6 is 22.0 Å². The molecule has 108 valence electrons. The minimum Gasteiger partial charge on any atom is -0.738 e. The molecule has 0 atom stereocenters. The molecule has 15 heteroatoms. The van der Waals surface area contributed by atoms with E-state index in [9.17, 15) is 35.5 Å². The number of nitrogens with one attached hydrogen (secondary N) is 2. The summed E-state index contributed by atoms with van der Waals surface area (Å²) in [6.07, 6.45) is 0. The molecular formula is C4H8CaN2O8S4. The van der Waals surface area contributed by atoms with Crippen molar-refractivity contribution in [2.24, 2.45) is 0 Å². The van der Waals surface area contributed by atoms with Crippen LogP contribution in [0.3, 0.4) is 0 Å². The molecule has 0 saturated carbocycles. The quantitative estimate of drug-likeness (QED) is 0.242. The monoisotopic (exact) mass is 380 g/mol. The maximum absolute atomic E-state index is 9.96. The van der Waals surface area contributed by atoms with E-state index >= 15 is 0 Å². The first-order valence-corrected chi connectivity index (χ1v) is 9.13. The van der Waals surface area contributed by atoms with Gasteiger partial charge in [-0.25, -0.2) is 16.8 Å². The van der Waals surface area contributed by atoms with E-state index in [2.05, 4.69) is 0 Å². The first kappa shape index (κ1) is 24.7. The Morgan fingerprint density at radius 2 is 1.05 bits per heavy atom. The summed E-state index contributed by atoms with van der Waals surface area (Å²) in [7, 11) is -9.05. The van der Waals surface area contributed by atoms with Crippen LogP contribution in [0.4, 0.5) is 0 Å². The summed E-state index contributed by atoms with van der Waals surface area (Å²) in [6.45, 7) is 2.22. The SMILES string of the molecule is CC(=O)NSS(=O)(=O)[O-].CC(=O)NSS(=O)(=O)[O-].[Ca+2]. The Bertz CT molecular complexity index is 441. The second kappa shape index (κ2) is 11.4. The van der Waals surface area contributed by atoms with Gasteiger partial charge in [0.1, 0.15) is 0 Å². The van der Waals surface area contributed by atoms with E-state index in [1.165, 1.54) is 0 Å². The molecule has 0 aromatic carbocycles. The number of hydrogen-bond acceptors (Lipinski definition) is 10. The number of rotatable bonds is 4. The van der Waals surface area contributed by atoms with Crippen LogP contribution < -0.4 is 9.44 Å². The van der Waals surface area contributed by atoms with Crippen molar-refractivity contribution in [2.45, 2.75) is 13.8 Å². The summed E-state index contributed by atoms with van der Waals surface area (Å²) in [5, 5.41) is 0. The molecule has 0 aliphatic heterocycles. The van der Waals surface area contributed by atoms with E-state index in [1.807, 2.05) is 0 Å². The van der Waals surface area contributed by atoms with E-state index < -0.39 is 30.1 Å². The molecule has 2 N–H and O–H groups in total. The first-order valence-electron chi connectivity index (χ1n) is 3.65. The van der Waals surface area contributed by atoms with E-state index in [-0.39, 0.29) is 59.7 Å². The predicted molar refractivity (Wildman–Crippen MR) is 68.0 cm³/mol. The standard InChI is InChI=1S/2C2H5NO4S2.Ca/c2*1-2(4)3-8-9(5,6)7;/h2*1H3,(H,3,4)(H,5,6,7);/q;;+2/p-2. The summed E-state index contributed by atoms with van der Waals surface area (Å²) in [4.78, 5) is 19.9. The van der Waals surface area contributed by atoms with Gasteiger partial charge in [0.25, 0.3) is 0 Å². The molecule has 0 rings (SSSR count). The van der Waals surface area contributed by atoms with Gasteiger partial charge in [0.15, 0.2) is 18.3 Å². The molecule has 10 nitrogen and oxygen atoms in total. The van der Waals surface area contributed by atoms with Gasteiger partial charge >= 0.3 is 37.7 Å². The first-order chi connectivity index (χ1) is 7.83. The van der Waals surface area contributed by atoms with Crippen LogP contribution in [-0.4, -0.2) is 75.5 Å². The molecule has 0 saturated heterocycles. The molecule has 2 amide bonds. The largest absolute Gasteiger partial charge is 2.00 e.